The number of halogens is 2. The minimum absolute atomic E-state index is 0.0970. The Bertz CT molecular complexity index is 1760. The number of benzene rings is 3. The molecule has 0 amide bonds. The number of rotatable bonds is 7. The summed E-state index contributed by atoms with van der Waals surface area (Å²) in [6.07, 6.45) is 1.31. The molecule has 0 radical (unpaired) electrons. The molecule has 1 N–H and O–H groups in total. The van der Waals surface area contributed by atoms with Gasteiger partial charge in [0.15, 0.2) is 23.9 Å². The number of nitrogens with zero attached hydrogens (tertiary/aromatic N) is 3. The second kappa shape index (κ2) is 9.96. The van der Waals surface area contributed by atoms with E-state index in [4.69, 9.17) is 42.2 Å². The van der Waals surface area contributed by atoms with Crippen molar-refractivity contribution in [2.24, 2.45) is 5.10 Å². The van der Waals surface area contributed by atoms with Crippen LogP contribution in [-0.4, -0.2) is 40.7 Å². The molecule has 0 unspecified atom stereocenters. The van der Waals surface area contributed by atoms with Gasteiger partial charge in [-0.1, -0.05) is 35.3 Å². The van der Waals surface area contributed by atoms with Gasteiger partial charge in [-0.25, -0.2) is 9.78 Å². The first kappa shape index (κ1) is 24.4. The van der Waals surface area contributed by atoms with E-state index in [1.807, 2.05) is 0 Å². The monoisotopic (exact) mass is 537 g/mol. The van der Waals surface area contributed by atoms with Gasteiger partial charge in [0.25, 0.3) is 5.56 Å². The van der Waals surface area contributed by atoms with E-state index in [2.05, 4.69) is 10.1 Å². The third-order valence-electron chi connectivity index (χ3n) is 5.37. The highest BCUT2D eigenvalue weighted by Gasteiger charge is 2.18. The number of hydrogen-bond acceptors (Lipinski definition) is 7. The van der Waals surface area contributed by atoms with Gasteiger partial charge in [0.05, 0.1) is 24.2 Å². The Kier molecular flexibility index (Phi) is 6.56. The number of aromatic nitrogens is 2. The van der Waals surface area contributed by atoms with Gasteiger partial charge in [0, 0.05) is 27.1 Å². The highest BCUT2D eigenvalue weighted by Crippen LogP contribution is 2.34. The van der Waals surface area contributed by atoms with Gasteiger partial charge in [-0.05, 0) is 42.5 Å². The van der Waals surface area contributed by atoms with Crippen LogP contribution < -0.4 is 15.0 Å². The molecule has 0 bridgehead atoms. The van der Waals surface area contributed by atoms with Crippen LogP contribution in [0, 0.1) is 0 Å². The number of methoxy groups -OCH3 is 1. The van der Waals surface area contributed by atoms with E-state index in [0.717, 1.165) is 10.1 Å². The van der Waals surface area contributed by atoms with Crippen molar-refractivity contribution >= 4 is 57.3 Å². The maximum absolute atomic E-state index is 13.5. The number of carboxylic acids is 1. The van der Waals surface area contributed by atoms with Crippen molar-refractivity contribution in [1.82, 2.24) is 9.66 Å². The van der Waals surface area contributed by atoms with Gasteiger partial charge in [0.1, 0.15) is 5.58 Å². The molecule has 0 aliphatic heterocycles. The molecule has 0 saturated heterocycles. The molecule has 0 aliphatic rings. The molecule has 37 heavy (non-hydrogen) atoms. The zero-order valence-electron chi connectivity index (χ0n) is 19.1. The van der Waals surface area contributed by atoms with Crippen molar-refractivity contribution < 1.29 is 23.8 Å². The van der Waals surface area contributed by atoms with Crippen molar-refractivity contribution in [1.29, 1.82) is 0 Å². The van der Waals surface area contributed by atoms with E-state index in [-0.39, 0.29) is 22.9 Å². The Hall–Kier alpha value is -4.34. The maximum Gasteiger partial charge on any atom is 0.341 e. The minimum atomic E-state index is -1.18. The number of carboxylic acid groups (broad SMARTS) is 1. The summed E-state index contributed by atoms with van der Waals surface area (Å²) in [7, 11) is 1.39. The van der Waals surface area contributed by atoms with Crippen molar-refractivity contribution in [3.8, 4) is 23.1 Å². The second-order valence-corrected chi connectivity index (χ2v) is 8.69. The Labute approximate surface area is 219 Å². The number of para-hydroxylation sites is 1. The van der Waals surface area contributed by atoms with Crippen LogP contribution in [0.1, 0.15) is 5.56 Å². The van der Waals surface area contributed by atoms with Crippen LogP contribution in [0.25, 0.3) is 33.5 Å². The highest BCUT2D eigenvalue weighted by atomic mass is 35.5. The zero-order chi connectivity index (χ0) is 26.1. The smallest absolute Gasteiger partial charge is 0.341 e. The Balaban J connectivity index is 1.70. The molecular weight excluding hydrogens is 521 g/mol. The van der Waals surface area contributed by atoms with Crippen molar-refractivity contribution in [3.63, 3.8) is 0 Å². The van der Waals surface area contributed by atoms with E-state index in [1.165, 1.54) is 25.5 Å². The Morgan fingerprint density at radius 3 is 2.73 bits per heavy atom. The lowest BCUT2D eigenvalue weighted by molar-refractivity contribution is -0.139. The molecular formula is C26H17Cl2N3O6. The fourth-order valence-electron chi connectivity index (χ4n) is 3.76. The summed E-state index contributed by atoms with van der Waals surface area (Å²) in [5.74, 6) is -0.437. The molecule has 186 valence electrons. The van der Waals surface area contributed by atoms with Crippen molar-refractivity contribution in [2.45, 2.75) is 0 Å². The predicted octanol–water partition coefficient (Wildman–Crippen LogP) is 5.47. The van der Waals surface area contributed by atoms with E-state index in [1.54, 1.807) is 48.5 Å². The molecule has 2 aromatic heterocycles. The van der Waals surface area contributed by atoms with Crippen LogP contribution >= 0.6 is 23.2 Å². The molecule has 9 nitrogen and oxygen atoms in total. The molecule has 3 aromatic carbocycles. The van der Waals surface area contributed by atoms with Crippen molar-refractivity contribution in [3.05, 3.63) is 86.6 Å². The quantitative estimate of drug-likeness (QED) is 0.273. The molecule has 11 heteroatoms. The molecule has 5 rings (SSSR count). The van der Waals surface area contributed by atoms with Crippen LogP contribution in [0.4, 0.5) is 0 Å². The predicted molar refractivity (Wildman–Crippen MR) is 140 cm³/mol. The van der Waals surface area contributed by atoms with E-state index < -0.39 is 18.1 Å². The third kappa shape index (κ3) is 4.87. The topological polar surface area (TPSA) is 116 Å². The lowest BCUT2D eigenvalue weighted by Crippen LogP contribution is -2.20. The summed E-state index contributed by atoms with van der Waals surface area (Å²) in [4.78, 5) is 29.2. The normalized spacial score (nSPS) is 11.4. The first-order chi connectivity index (χ1) is 17.8. The summed E-state index contributed by atoms with van der Waals surface area (Å²) in [5, 5.41) is 15.3. The molecule has 0 fully saturated rings. The summed E-state index contributed by atoms with van der Waals surface area (Å²) in [6, 6.07) is 16.7. The van der Waals surface area contributed by atoms with E-state index in [0.29, 0.717) is 32.3 Å². The molecule has 0 spiro atoms. The van der Waals surface area contributed by atoms with Gasteiger partial charge >= 0.3 is 5.97 Å². The number of fused-ring (bicyclic) bond motifs is 2. The standard InChI is InChI=1S/C26H17Cl2N3O6/c1-35-21-11-17(28)9-15(24(21)36-13-23(32)33)12-29-31-25(30-19-5-3-2-4-18(19)26(31)34)22-10-14-8-16(27)6-7-20(14)37-22/h2-12H,13H2,1H3,(H,32,33). The molecule has 0 atom stereocenters. The third-order valence-corrected chi connectivity index (χ3v) is 5.83. The lowest BCUT2D eigenvalue weighted by atomic mass is 10.2. The van der Waals surface area contributed by atoms with Gasteiger partial charge < -0.3 is 19.0 Å². The van der Waals surface area contributed by atoms with Gasteiger partial charge in [-0.15, -0.1) is 0 Å². The average molecular weight is 538 g/mol. The van der Waals surface area contributed by atoms with Gasteiger partial charge in [-0.3, -0.25) is 4.79 Å². The first-order valence-electron chi connectivity index (χ1n) is 10.8. The Morgan fingerprint density at radius 1 is 1.14 bits per heavy atom. The maximum atomic E-state index is 13.5. The lowest BCUT2D eigenvalue weighted by Gasteiger charge is -2.13. The molecule has 2 heterocycles. The molecule has 0 saturated carbocycles. The SMILES string of the molecule is COc1cc(Cl)cc(C=Nn2c(-c3cc4cc(Cl)ccc4o3)nc3ccccc3c2=O)c1OCC(=O)O. The van der Waals surface area contributed by atoms with Crippen LogP contribution in [0.5, 0.6) is 11.5 Å². The summed E-state index contributed by atoms with van der Waals surface area (Å²) < 4.78 is 17.8. The Morgan fingerprint density at radius 2 is 1.95 bits per heavy atom. The average Bonchev–Trinajstić information content (AvgIpc) is 3.30. The zero-order valence-corrected chi connectivity index (χ0v) is 20.7. The van der Waals surface area contributed by atoms with Crippen LogP contribution in [-0.2, 0) is 4.79 Å². The summed E-state index contributed by atoms with van der Waals surface area (Å²) in [6.45, 7) is -0.622. The van der Waals surface area contributed by atoms with E-state index >= 15 is 0 Å². The second-order valence-electron chi connectivity index (χ2n) is 7.82. The van der Waals surface area contributed by atoms with Crippen LogP contribution in [0.2, 0.25) is 10.0 Å². The summed E-state index contributed by atoms with van der Waals surface area (Å²) in [5.41, 5.74) is 0.856. The summed E-state index contributed by atoms with van der Waals surface area (Å²) >= 11 is 12.3. The van der Waals surface area contributed by atoms with Crippen LogP contribution in [0.15, 0.2) is 75.0 Å². The number of carbonyl (C=O) groups is 1. The number of aliphatic carboxylic acids is 1. The molecule has 0 aliphatic carbocycles. The number of hydrogen-bond donors (Lipinski definition) is 1. The fourth-order valence-corrected chi connectivity index (χ4v) is 4.16. The largest absolute Gasteiger partial charge is 0.493 e. The highest BCUT2D eigenvalue weighted by molar-refractivity contribution is 6.31. The van der Waals surface area contributed by atoms with E-state index in [9.17, 15) is 9.59 Å². The number of ether oxygens (including phenoxy) is 2. The fraction of sp³-hybridized carbons (Fsp3) is 0.0769. The van der Waals surface area contributed by atoms with Crippen LogP contribution in [0.3, 0.4) is 0 Å². The first-order valence-corrected chi connectivity index (χ1v) is 11.6. The molecule has 5 aromatic rings. The number of furan rings is 1. The minimum Gasteiger partial charge on any atom is -0.493 e. The van der Waals surface area contributed by atoms with Crippen molar-refractivity contribution in [2.75, 3.05) is 13.7 Å². The van der Waals surface area contributed by atoms with Gasteiger partial charge in [-0.2, -0.15) is 9.78 Å². The van der Waals surface area contributed by atoms with Gasteiger partial charge in [0.2, 0.25) is 5.82 Å².